The maximum atomic E-state index is 13.4. The summed E-state index contributed by atoms with van der Waals surface area (Å²) in [5.41, 5.74) is 3.87. The Balaban J connectivity index is 1.94. The molecule has 0 saturated heterocycles. The number of benzene rings is 3. The summed E-state index contributed by atoms with van der Waals surface area (Å²) in [7, 11) is 0. The molecule has 6 nitrogen and oxygen atoms in total. The Labute approximate surface area is 181 Å². The van der Waals surface area contributed by atoms with E-state index >= 15 is 0 Å². The molecule has 0 unspecified atom stereocenters. The molecule has 3 aromatic carbocycles. The summed E-state index contributed by atoms with van der Waals surface area (Å²) in [4.78, 5) is 38.6. The molecule has 3 amide bonds. The van der Waals surface area contributed by atoms with E-state index in [-0.39, 0.29) is 17.8 Å². The van der Waals surface area contributed by atoms with Crippen LogP contribution in [0.15, 0.2) is 71.2 Å². The molecule has 1 N–H and O–H groups in total. The van der Waals surface area contributed by atoms with Gasteiger partial charge in [-0.25, -0.2) is 10.2 Å². The molecule has 30 heavy (non-hydrogen) atoms. The first-order valence-electron chi connectivity index (χ1n) is 9.32. The number of amides is 3. The summed E-state index contributed by atoms with van der Waals surface area (Å²) in [5.74, 6) is -1.24. The summed E-state index contributed by atoms with van der Waals surface area (Å²) in [6.45, 7) is 1.75. The molecular weight excluding hydrogens is 448 g/mol. The Hall–Kier alpha value is -3.45. The SMILES string of the molecule is CCOC(=O)NN1C(=O)C(c2ccccc2Br)=C(c2cccc3ccccc23)C1=O. The van der Waals surface area contributed by atoms with E-state index in [1.165, 1.54) is 0 Å². The second-order valence-corrected chi connectivity index (χ2v) is 7.39. The van der Waals surface area contributed by atoms with Gasteiger partial charge in [0.1, 0.15) is 0 Å². The van der Waals surface area contributed by atoms with Crippen LogP contribution in [0.2, 0.25) is 0 Å². The third-order valence-corrected chi connectivity index (χ3v) is 5.46. The summed E-state index contributed by atoms with van der Waals surface area (Å²) in [6, 6.07) is 20.3. The zero-order valence-corrected chi connectivity index (χ0v) is 17.6. The van der Waals surface area contributed by atoms with E-state index in [4.69, 9.17) is 4.74 Å². The van der Waals surface area contributed by atoms with E-state index < -0.39 is 17.9 Å². The van der Waals surface area contributed by atoms with Crippen molar-refractivity contribution in [2.75, 3.05) is 6.61 Å². The molecule has 1 aliphatic rings. The van der Waals surface area contributed by atoms with Gasteiger partial charge in [-0.05, 0) is 29.3 Å². The number of halogens is 1. The second kappa shape index (κ2) is 8.12. The first-order chi connectivity index (χ1) is 14.5. The Kier molecular flexibility index (Phi) is 5.37. The molecule has 3 aromatic rings. The number of carbonyl (C=O) groups excluding carboxylic acids is 3. The number of hydrogen-bond donors (Lipinski definition) is 1. The summed E-state index contributed by atoms with van der Waals surface area (Å²) < 4.78 is 5.52. The van der Waals surface area contributed by atoms with E-state index in [0.29, 0.717) is 20.6 Å². The average molecular weight is 465 g/mol. The second-order valence-electron chi connectivity index (χ2n) is 6.53. The normalized spacial score (nSPS) is 13.9. The van der Waals surface area contributed by atoms with Crippen molar-refractivity contribution in [1.29, 1.82) is 0 Å². The standard InChI is InChI=1S/C23H17BrN2O4/c1-2-30-23(29)25-26-21(27)19(16-12-7-9-14-8-3-4-10-15(14)16)20(22(26)28)17-11-5-6-13-18(17)24/h3-13H,2H2,1H3,(H,25,29). The van der Waals surface area contributed by atoms with Gasteiger partial charge in [0.25, 0.3) is 11.8 Å². The van der Waals surface area contributed by atoms with E-state index in [1.54, 1.807) is 31.2 Å². The quantitative estimate of drug-likeness (QED) is 0.574. The van der Waals surface area contributed by atoms with Gasteiger partial charge in [0.05, 0.1) is 17.8 Å². The summed E-state index contributed by atoms with van der Waals surface area (Å²) in [5, 5.41) is 2.48. The van der Waals surface area contributed by atoms with Crippen molar-refractivity contribution in [3.8, 4) is 0 Å². The maximum Gasteiger partial charge on any atom is 0.426 e. The number of nitrogens with one attached hydrogen (secondary N) is 1. The number of hydrogen-bond acceptors (Lipinski definition) is 4. The minimum atomic E-state index is -0.871. The van der Waals surface area contributed by atoms with Crippen LogP contribution in [0.3, 0.4) is 0 Å². The van der Waals surface area contributed by atoms with Crippen molar-refractivity contribution < 1.29 is 19.1 Å². The third kappa shape index (κ3) is 3.37. The fourth-order valence-corrected chi connectivity index (χ4v) is 3.98. The van der Waals surface area contributed by atoms with Crippen molar-refractivity contribution in [3.05, 3.63) is 82.3 Å². The first kappa shape index (κ1) is 19.8. The Morgan fingerprint density at radius 2 is 1.50 bits per heavy atom. The zero-order chi connectivity index (χ0) is 21.3. The molecular formula is C23H17BrN2O4. The molecule has 150 valence electrons. The van der Waals surface area contributed by atoms with Gasteiger partial charge < -0.3 is 4.74 Å². The Bertz CT molecular complexity index is 1210. The summed E-state index contributed by atoms with van der Waals surface area (Å²) in [6.07, 6.45) is -0.871. The number of fused-ring (bicyclic) bond motifs is 1. The first-order valence-corrected chi connectivity index (χ1v) is 10.1. The largest absolute Gasteiger partial charge is 0.449 e. The van der Waals surface area contributed by atoms with Gasteiger partial charge in [-0.1, -0.05) is 76.6 Å². The van der Waals surface area contributed by atoms with Crippen LogP contribution < -0.4 is 5.43 Å². The summed E-state index contributed by atoms with van der Waals surface area (Å²) >= 11 is 3.47. The average Bonchev–Trinajstić information content (AvgIpc) is 2.98. The number of carbonyl (C=O) groups is 3. The molecule has 0 bridgehead atoms. The minimum absolute atomic E-state index is 0.114. The van der Waals surface area contributed by atoms with Crippen LogP contribution in [0, 0.1) is 0 Å². The van der Waals surface area contributed by atoms with Crippen molar-refractivity contribution >= 4 is 55.8 Å². The number of hydrazine groups is 1. The zero-order valence-electron chi connectivity index (χ0n) is 16.0. The number of nitrogens with zero attached hydrogens (tertiary/aromatic N) is 1. The maximum absolute atomic E-state index is 13.4. The molecule has 1 heterocycles. The van der Waals surface area contributed by atoms with Crippen LogP contribution in [0.1, 0.15) is 18.1 Å². The van der Waals surface area contributed by atoms with Gasteiger partial charge in [-0.15, -0.1) is 0 Å². The lowest BCUT2D eigenvalue weighted by molar-refractivity contribution is -0.139. The van der Waals surface area contributed by atoms with Crippen molar-refractivity contribution in [2.24, 2.45) is 0 Å². The lowest BCUT2D eigenvalue weighted by Gasteiger charge is -2.16. The molecule has 0 aliphatic carbocycles. The molecule has 0 saturated carbocycles. The number of rotatable bonds is 4. The number of imide groups is 1. The van der Waals surface area contributed by atoms with E-state index in [9.17, 15) is 14.4 Å². The van der Waals surface area contributed by atoms with Crippen LogP contribution in [0.5, 0.6) is 0 Å². The molecule has 4 rings (SSSR count). The van der Waals surface area contributed by atoms with E-state index in [1.807, 2.05) is 42.5 Å². The predicted octanol–water partition coefficient (Wildman–Crippen LogP) is 4.54. The molecule has 7 heteroatoms. The minimum Gasteiger partial charge on any atom is -0.449 e. The van der Waals surface area contributed by atoms with E-state index in [0.717, 1.165) is 10.8 Å². The highest BCUT2D eigenvalue weighted by Crippen LogP contribution is 2.39. The highest BCUT2D eigenvalue weighted by atomic mass is 79.9. The fourth-order valence-electron chi connectivity index (χ4n) is 3.49. The topological polar surface area (TPSA) is 75.7 Å². The molecule has 0 atom stereocenters. The van der Waals surface area contributed by atoms with Gasteiger partial charge in [0.15, 0.2) is 0 Å². The Morgan fingerprint density at radius 1 is 0.900 bits per heavy atom. The van der Waals surface area contributed by atoms with Gasteiger partial charge in [-0.2, -0.15) is 5.01 Å². The van der Waals surface area contributed by atoms with Crippen LogP contribution in [-0.2, 0) is 14.3 Å². The highest BCUT2D eigenvalue weighted by Gasteiger charge is 2.42. The van der Waals surface area contributed by atoms with Gasteiger partial charge >= 0.3 is 6.09 Å². The molecule has 0 fully saturated rings. The van der Waals surface area contributed by atoms with Gasteiger partial charge in [0, 0.05) is 10.0 Å². The van der Waals surface area contributed by atoms with Crippen LogP contribution in [0.25, 0.3) is 21.9 Å². The van der Waals surface area contributed by atoms with Crippen LogP contribution in [-0.4, -0.2) is 29.5 Å². The highest BCUT2D eigenvalue weighted by molar-refractivity contribution is 9.10. The van der Waals surface area contributed by atoms with Gasteiger partial charge in [-0.3, -0.25) is 9.59 Å². The monoisotopic (exact) mass is 464 g/mol. The van der Waals surface area contributed by atoms with Crippen LogP contribution in [0.4, 0.5) is 4.79 Å². The number of ether oxygens (including phenoxy) is 1. The lowest BCUT2D eigenvalue weighted by atomic mass is 9.93. The molecule has 0 radical (unpaired) electrons. The predicted molar refractivity (Wildman–Crippen MR) is 117 cm³/mol. The van der Waals surface area contributed by atoms with Crippen LogP contribution >= 0.6 is 15.9 Å². The molecule has 0 aromatic heterocycles. The van der Waals surface area contributed by atoms with Crippen molar-refractivity contribution in [3.63, 3.8) is 0 Å². The lowest BCUT2D eigenvalue weighted by Crippen LogP contribution is -2.47. The molecule has 1 aliphatic heterocycles. The van der Waals surface area contributed by atoms with Gasteiger partial charge in [0.2, 0.25) is 0 Å². The fraction of sp³-hybridized carbons (Fsp3) is 0.0870. The smallest absolute Gasteiger partial charge is 0.426 e. The molecule has 0 spiro atoms. The Morgan fingerprint density at radius 3 is 2.23 bits per heavy atom. The third-order valence-electron chi connectivity index (χ3n) is 4.76. The van der Waals surface area contributed by atoms with Crippen molar-refractivity contribution in [1.82, 2.24) is 10.4 Å². The van der Waals surface area contributed by atoms with Crippen molar-refractivity contribution in [2.45, 2.75) is 6.92 Å². The van der Waals surface area contributed by atoms with E-state index in [2.05, 4.69) is 21.4 Å².